The van der Waals surface area contributed by atoms with Gasteiger partial charge in [-0.15, -0.1) is 0 Å². The maximum Gasteiger partial charge on any atom is 0.130 e. The van der Waals surface area contributed by atoms with E-state index in [1.807, 2.05) is 43.3 Å². The van der Waals surface area contributed by atoms with Crippen LogP contribution in [-0.4, -0.2) is 0 Å². The Hall–Kier alpha value is -1.96. The molecule has 0 unspecified atom stereocenters. The Bertz CT molecular complexity index is 526. The van der Waals surface area contributed by atoms with E-state index >= 15 is 0 Å². The zero-order chi connectivity index (χ0) is 13.1. The minimum atomic E-state index is 0.434. The molecule has 0 aliphatic carbocycles. The summed E-state index contributed by atoms with van der Waals surface area (Å²) in [6, 6.07) is 13.9. The molecule has 2 aromatic rings. The Morgan fingerprint density at radius 2 is 1.78 bits per heavy atom. The van der Waals surface area contributed by atoms with Gasteiger partial charge in [-0.2, -0.15) is 0 Å². The Labute approximate surface area is 108 Å². The molecular formula is C16H19NO. The fourth-order valence-corrected chi connectivity index (χ4v) is 2.01. The highest BCUT2D eigenvalue weighted by molar-refractivity contribution is 5.49. The van der Waals surface area contributed by atoms with Crippen LogP contribution in [0, 0.1) is 6.92 Å². The number of anilines is 1. The van der Waals surface area contributed by atoms with Crippen LogP contribution in [0.2, 0.25) is 0 Å². The lowest BCUT2D eigenvalue weighted by atomic mass is 10.0. The number of benzene rings is 2. The molecule has 0 amide bonds. The van der Waals surface area contributed by atoms with E-state index in [4.69, 9.17) is 10.5 Å². The summed E-state index contributed by atoms with van der Waals surface area (Å²) in [5.41, 5.74) is 8.87. The van der Waals surface area contributed by atoms with Gasteiger partial charge in [0.05, 0.1) is 0 Å². The van der Waals surface area contributed by atoms with Gasteiger partial charge in [-0.05, 0) is 42.2 Å². The maximum atomic E-state index is 5.95. The zero-order valence-electron chi connectivity index (χ0n) is 11.1. The van der Waals surface area contributed by atoms with Crippen molar-refractivity contribution in [3.05, 3.63) is 53.6 Å². The van der Waals surface area contributed by atoms with Crippen molar-refractivity contribution < 1.29 is 4.74 Å². The standard InChI is InChI=1S/C16H19NO/c1-11(2)15-6-4-5-7-16(15)18-14-9-12(3)8-13(17)10-14/h4-11H,17H2,1-3H3. The van der Waals surface area contributed by atoms with Crippen LogP contribution in [-0.2, 0) is 0 Å². The van der Waals surface area contributed by atoms with Crippen molar-refractivity contribution in [1.29, 1.82) is 0 Å². The van der Waals surface area contributed by atoms with Crippen LogP contribution in [0.25, 0.3) is 0 Å². The Morgan fingerprint density at radius 1 is 1.06 bits per heavy atom. The van der Waals surface area contributed by atoms with Crippen LogP contribution < -0.4 is 10.5 Å². The second-order valence-corrected chi connectivity index (χ2v) is 4.87. The smallest absolute Gasteiger partial charge is 0.130 e. The third-order valence-electron chi connectivity index (χ3n) is 2.84. The first-order valence-electron chi connectivity index (χ1n) is 6.20. The minimum absolute atomic E-state index is 0.434. The lowest BCUT2D eigenvalue weighted by Gasteiger charge is -2.14. The van der Waals surface area contributed by atoms with Crippen molar-refractivity contribution >= 4 is 5.69 Å². The fourth-order valence-electron chi connectivity index (χ4n) is 2.01. The van der Waals surface area contributed by atoms with Gasteiger partial charge >= 0.3 is 0 Å². The molecule has 2 nitrogen and oxygen atoms in total. The Kier molecular flexibility index (Phi) is 3.56. The average Bonchev–Trinajstić information content (AvgIpc) is 2.27. The molecule has 0 heterocycles. The molecule has 0 aliphatic rings. The normalized spacial score (nSPS) is 10.7. The first kappa shape index (κ1) is 12.5. The van der Waals surface area contributed by atoms with Crippen LogP contribution in [0.3, 0.4) is 0 Å². The highest BCUT2D eigenvalue weighted by Crippen LogP contribution is 2.31. The van der Waals surface area contributed by atoms with Gasteiger partial charge in [0, 0.05) is 11.8 Å². The van der Waals surface area contributed by atoms with Crippen LogP contribution in [0.1, 0.15) is 30.9 Å². The van der Waals surface area contributed by atoms with Gasteiger partial charge < -0.3 is 10.5 Å². The van der Waals surface area contributed by atoms with Gasteiger partial charge in [0.25, 0.3) is 0 Å². The number of rotatable bonds is 3. The predicted molar refractivity (Wildman–Crippen MR) is 76.2 cm³/mol. The van der Waals surface area contributed by atoms with Crippen molar-refractivity contribution in [2.75, 3.05) is 5.73 Å². The topological polar surface area (TPSA) is 35.2 Å². The SMILES string of the molecule is Cc1cc(N)cc(Oc2ccccc2C(C)C)c1. The minimum Gasteiger partial charge on any atom is -0.457 e. The van der Waals surface area contributed by atoms with Gasteiger partial charge in [0.2, 0.25) is 0 Å². The van der Waals surface area contributed by atoms with Gasteiger partial charge in [-0.25, -0.2) is 0 Å². The first-order chi connectivity index (χ1) is 8.56. The van der Waals surface area contributed by atoms with Gasteiger partial charge in [0.1, 0.15) is 11.5 Å². The summed E-state index contributed by atoms with van der Waals surface area (Å²) in [4.78, 5) is 0. The molecule has 0 saturated heterocycles. The molecule has 2 heteroatoms. The summed E-state index contributed by atoms with van der Waals surface area (Å²) >= 11 is 0. The van der Waals surface area contributed by atoms with Crippen LogP contribution in [0.5, 0.6) is 11.5 Å². The zero-order valence-corrected chi connectivity index (χ0v) is 11.1. The molecule has 0 saturated carbocycles. The number of aryl methyl sites for hydroxylation is 1. The number of ether oxygens (including phenoxy) is 1. The van der Waals surface area contributed by atoms with E-state index in [1.165, 1.54) is 5.56 Å². The van der Waals surface area contributed by atoms with Crippen LogP contribution >= 0.6 is 0 Å². The first-order valence-corrected chi connectivity index (χ1v) is 6.20. The summed E-state index contributed by atoms with van der Waals surface area (Å²) in [6.45, 7) is 6.33. The van der Waals surface area contributed by atoms with E-state index in [9.17, 15) is 0 Å². The van der Waals surface area contributed by atoms with Crippen molar-refractivity contribution in [3.8, 4) is 11.5 Å². The molecule has 0 bridgehead atoms. The lowest BCUT2D eigenvalue weighted by Crippen LogP contribution is -1.95. The summed E-state index contributed by atoms with van der Waals surface area (Å²) < 4.78 is 5.95. The molecule has 0 fully saturated rings. The largest absolute Gasteiger partial charge is 0.457 e. The molecule has 94 valence electrons. The van der Waals surface area contributed by atoms with Crippen LogP contribution in [0.4, 0.5) is 5.69 Å². The molecule has 2 aromatic carbocycles. The molecule has 18 heavy (non-hydrogen) atoms. The van der Waals surface area contributed by atoms with E-state index in [2.05, 4.69) is 19.9 Å². The maximum absolute atomic E-state index is 5.95. The summed E-state index contributed by atoms with van der Waals surface area (Å²) in [7, 11) is 0. The van der Waals surface area contributed by atoms with Crippen molar-refractivity contribution in [3.63, 3.8) is 0 Å². The second-order valence-electron chi connectivity index (χ2n) is 4.87. The number of nitrogen functional groups attached to an aromatic ring is 1. The molecular weight excluding hydrogens is 222 g/mol. The molecule has 0 spiro atoms. The molecule has 0 atom stereocenters. The fraction of sp³-hybridized carbons (Fsp3) is 0.250. The molecule has 0 aliphatic heterocycles. The Balaban J connectivity index is 2.34. The molecule has 0 radical (unpaired) electrons. The quantitative estimate of drug-likeness (QED) is 0.803. The van der Waals surface area contributed by atoms with E-state index < -0.39 is 0 Å². The summed E-state index contributed by atoms with van der Waals surface area (Å²) in [5, 5.41) is 0. The monoisotopic (exact) mass is 241 g/mol. The van der Waals surface area contributed by atoms with Crippen molar-refractivity contribution in [1.82, 2.24) is 0 Å². The summed E-state index contributed by atoms with van der Waals surface area (Å²) in [5.74, 6) is 2.13. The van der Waals surface area contributed by atoms with E-state index in [0.717, 1.165) is 22.7 Å². The van der Waals surface area contributed by atoms with E-state index in [1.54, 1.807) is 0 Å². The second kappa shape index (κ2) is 5.13. The summed E-state index contributed by atoms with van der Waals surface area (Å²) in [6.07, 6.45) is 0. The molecule has 0 aromatic heterocycles. The molecule has 2 rings (SSSR count). The highest BCUT2D eigenvalue weighted by atomic mass is 16.5. The number of hydrogen-bond acceptors (Lipinski definition) is 2. The van der Waals surface area contributed by atoms with Crippen LogP contribution in [0.15, 0.2) is 42.5 Å². The predicted octanol–water partition coefficient (Wildman–Crippen LogP) is 4.49. The average molecular weight is 241 g/mol. The van der Waals surface area contributed by atoms with Crippen molar-refractivity contribution in [2.45, 2.75) is 26.7 Å². The van der Waals surface area contributed by atoms with Gasteiger partial charge in [-0.1, -0.05) is 32.0 Å². The number of nitrogens with two attached hydrogens (primary N) is 1. The third-order valence-corrected chi connectivity index (χ3v) is 2.84. The third kappa shape index (κ3) is 2.83. The van der Waals surface area contributed by atoms with E-state index in [0.29, 0.717) is 5.92 Å². The van der Waals surface area contributed by atoms with E-state index in [-0.39, 0.29) is 0 Å². The lowest BCUT2D eigenvalue weighted by molar-refractivity contribution is 0.473. The number of para-hydroxylation sites is 1. The van der Waals surface area contributed by atoms with Gasteiger partial charge in [0.15, 0.2) is 0 Å². The van der Waals surface area contributed by atoms with Crippen molar-refractivity contribution in [2.24, 2.45) is 0 Å². The molecule has 2 N–H and O–H groups in total. The van der Waals surface area contributed by atoms with Gasteiger partial charge in [-0.3, -0.25) is 0 Å². The number of hydrogen-bond donors (Lipinski definition) is 1. The highest BCUT2D eigenvalue weighted by Gasteiger charge is 2.08. The Morgan fingerprint density at radius 3 is 2.44 bits per heavy atom.